The lowest BCUT2D eigenvalue weighted by atomic mass is 10.0. The zero-order valence-corrected chi connectivity index (χ0v) is 20.3. The smallest absolute Gasteiger partial charge is 0.359 e. The van der Waals surface area contributed by atoms with E-state index in [1.165, 1.54) is 23.2 Å². The van der Waals surface area contributed by atoms with Gasteiger partial charge in [0, 0.05) is 43.0 Å². The van der Waals surface area contributed by atoms with Crippen LogP contribution in [0.25, 0.3) is 0 Å². The lowest BCUT2D eigenvalue weighted by Gasteiger charge is -2.43. The number of aromatic nitrogens is 2. The Labute approximate surface area is 200 Å². The number of H-pyrrole nitrogens is 1. The lowest BCUT2D eigenvalue weighted by molar-refractivity contribution is -0.131. The fourth-order valence-corrected chi connectivity index (χ4v) is 5.14. The van der Waals surface area contributed by atoms with Crippen molar-refractivity contribution in [3.63, 3.8) is 0 Å². The predicted molar refractivity (Wildman–Crippen MR) is 129 cm³/mol. The van der Waals surface area contributed by atoms with Gasteiger partial charge in [-0.25, -0.2) is 4.79 Å². The molecule has 1 fully saturated rings. The Bertz CT molecular complexity index is 1010. The van der Waals surface area contributed by atoms with Gasteiger partial charge in [0.05, 0.1) is 12.6 Å². The van der Waals surface area contributed by atoms with Crippen LogP contribution < -0.4 is 4.90 Å². The minimum atomic E-state index is -0.383. The van der Waals surface area contributed by atoms with Crippen molar-refractivity contribution < 1.29 is 14.3 Å². The molecule has 1 aliphatic heterocycles. The van der Waals surface area contributed by atoms with Crippen molar-refractivity contribution >= 4 is 29.2 Å². The number of aryl methyl sites for hydroxylation is 2. The van der Waals surface area contributed by atoms with Crippen LogP contribution >= 0.6 is 11.6 Å². The number of anilines is 1. The van der Waals surface area contributed by atoms with E-state index in [0.717, 1.165) is 43.5 Å². The van der Waals surface area contributed by atoms with Crippen molar-refractivity contribution in [2.24, 2.45) is 0 Å². The molecule has 1 aromatic heterocycles. The van der Waals surface area contributed by atoms with Crippen molar-refractivity contribution in [3.8, 4) is 0 Å². The first kappa shape index (κ1) is 23.6. The van der Waals surface area contributed by atoms with E-state index in [0.29, 0.717) is 25.2 Å². The Kier molecular flexibility index (Phi) is 7.58. The molecule has 33 heavy (non-hydrogen) atoms. The number of alkyl halides is 1. The molecule has 7 nitrogen and oxygen atoms in total. The van der Waals surface area contributed by atoms with E-state index in [1.807, 2.05) is 4.90 Å². The van der Waals surface area contributed by atoms with Gasteiger partial charge in [-0.05, 0) is 56.7 Å². The van der Waals surface area contributed by atoms with Crippen molar-refractivity contribution in [1.29, 1.82) is 0 Å². The molecule has 1 aromatic carbocycles. The predicted octanol–water partition coefficient (Wildman–Crippen LogP) is 3.80. The second-order valence-electron chi connectivity index (χ2n) is 9.05. The number of esters is 1. The standard InChI is InChI=1S/C25H33ClN4O3/c1-17-7-6-10-22(18(17)2)29-12-13-30(23(31)15-26)19(16-29)11-14-33-25(32)24-20-8-4-3-5-9-21(20)27-28-24/h6-7,10,19H,3-5,8-9,11-16H2,1-2H3,(H,27,28). The molecule has 1 saturated heterocycles. The fourth-order valence-electron chi connectivity index (χ4n) is 4.99. The average molecular weight is 473 g/mol. The van der Waals surface area contributed by atoms with Gasteiger partial charge < -0.3 is 14.5 Å². The van der Waals surface area contributed by atoms with Gasteiger partial charge in [0.2, 0.25) is 5.91 Å². The van der Waals surface area contributed by atoms with E-state index < -0.39 is 0 Å². The quantitative estimate of drug-likeness (QED) is 0.393. The molecule has 1 amide bonds. The monoisotopic (exact) mass is 472 g/mol. The highest BCUT2D eigenvalue weighted by atomic mass is 35.5. The van der Waals surface area contributed by atoms with E-state index >= 15 is 0 Å². The topological polar surface area (TPSA) is 78.5 Å². The summed E-state index contributed by atoms with van der Waals surface area (Å²) in [5, 5.41) is 7.27. The minimum absolute atomic E-state index is 0.0425. The molecule has 1 atom stereocenters. The van der Waals surface area contributed by atoms with Crippen LogP contribution in [0.5, 0.6) is 0 Å². The Morgan fingerprint density at radius 1 is 1.18 bits per heavy atom. The fraction of sp³-hybridized carbons (Fsp3) is 0.560. The number of hydrogen-bond acceptors (Lipinski definition) is 5. The summed E-state index contributed by atoms with van der Waals surface area (Å²) in [6.45, 7) is 6.51. The number of carbonyl (C=O) groups is 2. The summed E-state index contributed by atoms with van der Waals surface area (Å²) >= 11 is 5.88. The number of nitrogens with zero attached hydrogens (tertiary/aromatic N) is 3. The van der Waals surface area contributed by atoms with Gasteiger partial charge >= 0.3 is 5.97 Å². The molecule has 1 N–H and O–H groups in total. The Morgan fingerprint density at radius 2 is 2.00 bits per heavy atom. The van der Waals surface area contributed by atoms with Crippen LogP contribution in [0.2, 0.25) is 0 Å². The molecule has 0 spiro atoms. The highest BCUT2D eigenvalue weighted by molar-refractivity contribution is 6.27. The third-order valence-electron chi connectivity index (χ3n) is 7.02. The van der Waals surface area contributed by atoms with Gasteiger partial charge in [-0.1, -0.05) is 18.6 Å². The first-order valence-electron chi connectivity index (χ1n) is 11.9. The van der Waals surface area contributed by atoms with Gasteiger partial charge in [0.1, 0.15) is 5.88 Å². The molecule has 178 valence electrons. The average Bonchev–Trinajstić information content (AvgIpc) is 3.08. The van der Waals surface area contributed by atoms with Gasteiger partial charge in [-0.15, -0.1) is 11.6 Å². The molecule has 2 aliphatic rings. The highest BCUT2D eigenvalue weighted by Crippen LogP contribution is 2.27. The van der Waals surface area contributed by atoms with Gasteiger partial charge in [-0.3, -0.25) is 9.89 Å². The van der Waals surface area contributed by atoms with Crippen LogP contribution in [0.1, 0.15) is 58.6 Å². The number of amides is 1. The van der Waals surface area contributed by atoms with Gasteiger partial charge in [-0.2, -0.15) is 5.10 Å². The van der Waals surface area contributed by atoms with Crippen molar-refractivity contribution in [2.75, 3.05) is 37.0 Å². The number of hydrogen-bond donors (Lipinski definition) is 1. The van der Waals surface area contributed by atoms with Crippen LogP contribution in [0.3, 0.4) is 0 Å². The van der Waals surface area contributed by atoms with Crippen molar-refractivity contribution in [3.05, 3.63) is 46.3 Å². The normalized spacial score (nSPS) is 18.6. The number of rotatable bonds is 6. The second kappa shape index (κ2) is 10.6. The van der Waals surface area contributed by atoms with Crippen LogP contribution in [0, 0.1) is 13.8 Å². The number of halogens is 1. The van der Waals surface area contributed by atoms with Gasteiger partial charge in [0.25, 0.3) is 0 Å². The van der Waals surface area contributed by atoms with E-state index in [-0.39, 0.29) is 30.4 Å². The molecule has 2 aromatic rings. The number of nitrogens with one attached hydrogen (secondary N) is 1. The summed E-state index contributed by atoms with van der Waals surface area (Å²) in [5.74, 6) is -0.503. The van der Waals surface area contributed by atoms with Crippen LogP contribution in [0.4, 0.5) is 5.69 Å². The molecule has 1 aliphatic carbocycles. The van der Waals surface area contributed by atoms with Crippen molar-refractivity contribution in [2.45, 2.75) is 58.4 Å². The van der Waals surface area contributed by atoms with Crippen molar-refractivity contribution in [1.82, 2.24) is 15.1 Å². The summed E-state index contributed by atoms with van der Waals surface area (Å²) in [6.07, 6.45) is 5.71. The maximum Gasteiger partial charge on any atom is 0.359 e. The SMILES string of the molecule is Cc1cccc(N2CCN(C(=O)CCl)C(CCOC(=O)c3n[nH]c4c3CCCCC4)C2)c1C. The molecular formula is C25H33ClN4O3. The number of benzene rings is 1. The lowest BCUT2D eigenvalue weighted by Crippen LogP contribution is -2.56. The Hall–Kier alpha value is -2.54. The summed E-state index contributed by atoms with van der Waals surface area (Å²) < 4.78 is 5.63. The molecule has 8 heteroatoms. The molecular weight excluding hydrogens is 440 g/mol. The maximum atomic E-state index is 12.8. The number of aromatic amines is 1. The Balaban J connectivity index is 1.41. The van der Waals surface area contributed by atoms with E-state index in [4.69, 9.17) is 16.3 Å². The molecule has 2 heterocycles. The highest BCUT2D eigenvalue weighted by Gasteiger charge is 2.31. The zero-order valence-electron chi connectivity index (χ0n) is 19.5. The van der Waals surface area contributed by atoms with E-state index in [2.05, 4.69) is 47.1 Å². The summed E-state index contributed by atoms with van der Waals surface area (Å²) in [4.78, 5) is 29.4. The number of fused-ring (bicyclic) bond motifs is 1. The second-order valence-corrected chi connectivity index (χ2v) is 9.32. The van der Waals surface area contributed by atoms with Gasteiger partial charge in [0.15, 0.2) is 5.69 Å². The van der Waals surface area contributed by atoms with E-state index in [9.17, 15) is 9.59 Å². The largest absolute Gasteiger partial charge is 0.461 e. The zero-order chi connectivity index (χ0) is 23.4. The first-order valence-corrected chi connectivity index (χ1v) is 12.4. The van der Waals surface area contributed by atoms with Crippen LogP contribution in [-0.4, -0.2) is 65.1 Å². The third kappa shape index (κ3) is 5.18. The van der Waals surface area contributed by atoms with E-state index in [1.54, 1.807) is 0 Å². The first-order chi connectivity index (χ1) is 16.0. The molecule has 0 bridgehead atoms. The molecule has 1 unspecified atom stereocenters. The molecule has 0 radical (unpaired) electrons. The number of ether oxygens (including phenoxy) is 1. The molecule has 4 rings (SSSR count). The number of piperazine rings is 1. The van der Waals surface area contributed by atoms with Crippen LogP contribution in [-0.2, 0) is 22.4 Å². The number of carbonyl (C=O) groups excluding carboxylic acids is 2. The Morgan fingerprint density at radius 3 is 2.82 bits per heavy atom. The summed E-state index contributed by atoms with van der Waals surface area (Å²) in [7, 11) is 0. The summed E-state index contributed by atoms with van der Waals surface area (Å²) in [6, 6.07) is 6.23. The maximum absolute atomic E-state index is 12.8. The minimum Gasteiger partial charge on any atom is -0.461 e. The molecule has 0 saturated carbocycles. The van der Waals surface area contributed by atoms with Crippen LogP contribution in [0.15, 0.2) is 18.2 Å². The third-order valence-corrected chi connectivity index (χ3v) is 7.25. The summed E-state index contributed by atoms with van der Waals surface area (Å²) in [5.41, 5.74) is 6.18.